The largest absolute Gasteiger partial charge is 0.471 e. The number of allylic oxidation sites excluding steroid dienone is 3. The van der Waals surface area contributed by atoms with Crippen LogP contribution in [0.5, 0.6) is 0 Å². The SMILES string of the molecule is C/C=C\CCCC.CC(C)C1CC(=O)[C@H](C)C1/C=C/C(O)CCc1sc2ccccc2c1Cl.COC=O. The summed E-state index contributed by atoms with van der Waals surface area (Å²) in [4.78, 5) is 22.1. The zero-order valence-electron chi connectivity index (χ0n) is 23.3. The van der Waals surface area contributed by atoms with Crippen molar-refractivity contribution in [2.75, 3.05) is 7.11 Å². The Bertz CT molecular complexity index is 994. The summed E-state index contributed by atoms with van der Waals surface area (Å²) in [5.41, 5.74) is 0. The van der Waals surface area contributed by atoms with E-state index in [2.05, 4.69) is 56.7 Å². The lowest BCUT2D eigenvalue weighted by Gasteiger charge is -2.22. The van der Waals surface area contributed by atoms with Gasteiger partial charge >= 0.3 is 0 Å². The number of benzene rings is 1. The lowest BCUT2D eigenvalue weighted by Crippen LogP contribution is -2.17. The van der Waals surface area contributed by atoms with Crippen molar-refractivity contribution >= 4 is 45.3 Å². The standard InChI is InChI=1S/C22H27ClO2S.C7H14.C2H4O2/c1-13(2)18-12-19(25)14(3)16(18)10-8-15(24)9-11-21-22(23)17-6-4-5-7-20(17)26-21;1-3-5-7-6-4-2;1-4-2-3/h4-8,10,13-16,18,24H,9,11-12H2,1-3H3;3,5H,4,6-7H2,1-2H3;2H,1H3/b10-8+;5-3-;/t14-,15?,16?,18?;;/m1../s1. The van der Waals surface area contributed by atoms with Crippen LogP contribution < -0.4 is 0 Å². The zero-order valence-corrected chi connectivity index (χ0v) is 24.9. The number of methoxy groups -OCH3 is 1. The zero-order chi connectivity index (χ0) is 27.8. The van der Waals surface area contributed by atoms with Crippen molar-refractivity contribution in [3.8, 4) is 0 Å². The second-order valence-corrected chi connectivity index (χ2v) is 11.3. The molecule has 1 heterocycles. The summed E-state index contributed by atoms with van der Waals surface area (Å²) >= 11 is 8.19. The van der Waals surface area contributed by atoms with Gasteiger partial charge in [-0.25, -0.2) is 0 Å². The molecule has 4 nitrogen and oxygen atoms in total. The Balaban J connectivity index is 0.000000525. The summed E-state index contributed by atoms with van der Waals surface area (Å²) in [6, 6.07) is 8.14. The second-order valence-electron chi connectivity index (χ2n) is 9.81. The van der Waals surface area contributed by atoms with Crippen molar-refractivity contribution < 1.29 is 19.4 Å². The molecule has 4 atom stereocenters. The van der Waals surface area contributed by atoms with Gasteiger partial charge in [-0.1, -0.05) is 94.6 Å². The van der Waals surface area contributed by atoms with Gasteiger partial charge in [-0.3, -0.25) is 9.59 Å². The van der Waals surface area contributed by atoms with Gasteiger partial charge in [-0.2, -0.15) is 0 Å². The predicted molar refractivity (Wildman–Crippen MR) is 158 cm³/mol. The molecule has 2 aromatic rings. The fourth-order valence-electron chi connectivity index (χ4n) is 4.48. The molecular weight excluding hydrogens is 504 g/mol. The number of halogens is 1. The summed E-state index contributed by atoms with van der Waals surface area (Å²) in [6.07, 6.45) is 13.8. The van der Waals surface area contributed by atoms with Crippen LogP contribution in [0.4, 0.5) is 0 Å². The number of aryl methyl sites for hydroxylation is 1. The minimum Gasteiger partial charge on any atom is -0.471 e. The number of rotatable bonds is 10. The molecule has 37 heavy (non-hydrogen) atoms. The summed E-state index contributed by atoms with van der Waals surface area (Å²) in [5.74, 6) is 1.52. The summed E-state index contributed by atoms with van der Waals surface area (Å²) in [5, 5.41) is 12.3. The van der Waals surface area contributed by atoms with Gasteiger partial charge in [0.15, 0.2) is 0 Å². The molecule has 6 heteroatoms. The van der Waals surface area contributed by atoms with Gasteiger partial charge in [0.2, 0.25) is 0 Å². The number of aliphatic hydroxyl groups excluding tert-OH is 1. The molecule has 1 aliphatic rings. The van der Waals surface area contributed by atoms with Crippen LogP contribution in [0.2, 0.25) is 5.02 Å². The minimum absolute atomic E-state index is 0.0582. The first-order chi connectivity index (χ1) is 17.7. The van der Waals surface area contributed by atoms with Crippen LogP contribution in [-0.2, 0) is 20.7 Å². The Labute approximate surface area is 232 Å². The second kappa shape index (κ2) is 18.3. The number of fused-ring (bicyclic) bond motifs is 1. The van der Waals surface area contributed by atoms with E-state index >= 15 is 0 Å². The fraction of sp³-hybridized carbons (Fsp3) is 0.548. The first-order valence-corrected chi connectivity index (χ1v) is 14.5. The van der Waals surface area contributed by atoms with E-state index < -0.39 is 6.10 Å². The van der Waals surface area contributed by atoms with Crippen LogP contribution in [0, 0.1) is 23.7 Å². The molecule has 0 radical (unpaired) electrons. The van der Waals surface area contributed by atoms with Crippen LogP contribution >= 0.6 is 22.9 Å². The molecule has 0 bridgehead atoms. The number of thiophene rings is 1. The van der Waals surface area contributed by atoms with E-state index in [-0.39, 0.29) is 11.8 Å². The van der Waals surface area contributed by atoms with E-state index in [1.54, 1.807) is 11.3 Å². The van der Waals surface area contributed by atoms with Crippen molar-refractivity contribution in [3.05, 3.63) is 58.5 Å². The lowest BCUT2D eigenvalue weighted by molar-refractivity contribution is -0.126. The van der Waals surface area contributed by atoms with E-state index in [0.717, 1.165) is 21.7 Å². The van der Waals surface area contributed by atoms with Gasteiger partial charge in [-0.15, -0.1) is 11.3 Å². The molecule has 0 saturated heterocycles. The third-order valence-corrected chi connectivity index (χ3v) is 8.53. The van der Waals surface area contributed by atoms with Gasteiger partial charge < -0.3 is 9.84 Å². The van der Waals surface area contributed by atoms with Gasteiger partial charge in [0.1, 0.15) is 5.78 Å². The van der Waals surface area contributed by atoms with E-state index in [4.69, 9.17) is 16.4 Å². The van der Waals surface area contributed by atoms with Gasteiger partial charge in [0.05, 0.1) is 18.2 Å². The number of carbonyl (C=O) groups is 2. The highest BCUT2D eigenvalue weighted by molar-refractivity contribution is 7.19. The monoisotopic (exact) mass is 548 g/mol. The van der Waals surface area contributed by atoms with E-state index in [1.165, 1.54) is 31.1 Å². The topological polar surface area (TPSA) is 63.6 Å². The van der Waals surface area contributed by atoms with Crippen LogP contribution in [0.15, 0.2) is 48.6 Å². The molecule has 0 spiro atoms. The number of aliphatic hydroxyl groups is 1. The highest BCUT2D eigenvalue weighted by Crippen LogP contribution is 2.40. The Morgan fingerprint density at radius 3 is 2.51 bits per heavy atom. The number of Topliss-reactive ketones (excluding diaryl/α,β-unsaturated/α-hetero) is 1. The number of hydrogen-bond donors (Lipinski definition) is 1. The molecular formula is C31H45ClO4S. The predicted octanol–water partition coefficient (Wildman–Crippen LogP) is 8.44. The van der Waals surface area contributed by atoms with E-state index in [9.17, 15) is 9.90 Å². The Hall–Kier alpha value is -1.95. The number of ketones is 1. The van der Waals surface area contributed by atoms with Gasteiger partial charge in [-0.05, 0) is 50.0 Å². The maximum Gasteiger partial charge on any atom is 0.292 e. The summed E-state index contributed by atoms with van der Waals surface area (Å²) < 4.78 is 5.05. The molecule has 1 aromatic heterocycles. The fourth-order valence-corrected chi connectivity index (χ4v) is 6.02. The molecule has 3 rings (SSSR count). The minimum atomic E-state index is -0.507. The molecule has 206 valence electrons. The molecule has 0 aliphatic heterocycles. The third-order valence-electron chi connectivity index (χ3n) is 6.75. The highest BCUT2D eigenvalue weighted by Gasteiger charge is 2.39. The first-order valence-electron chi connectivity index (χ1n) is 13.3. The molecule has 1 fully saturated rings. The normalized spacial score (nSPS) is 20.1. The average molecular weight is 549 g/mol. The molecule has 1 saturated carbocycles. The Morgan fingerprint density at radius 2 is 1.95 bits per heavy atom. The van der Waals surface area contributed by atoms with Crippen molar-refractivity contribution in [1.82, 2.24) is 0 Å². The van der Waals surface area contributed by atoms with Crippen LogP contribution in [-0.4, -0.2) is 30.6 Å². The first kappa shape index (κ1) is 33.1. The summed E-state index contributed by atoms with van der Waals surface area (Å²) in [6.45, 7) is 11.0. The molecule has 1 aromatic carbocycles. The lowest BCUT2D eigenvalue weighted by atomic mass is 9.82. The number of ether oxygens (including phenoxy) is 1. The Kier molecular flexibility index (Phi) is 16.4. The number of hydrogen-bond acceptors (Lipinski definition) is 5. The van der Waals surface area contributed by atoms with Crippen LogP contribution in [0.3, 0.4) is 0 Å². The Morgan fingerprint density at radius 1 is 1.27 bits per heavy atom. The van der Waals surface area contributed by atoms with Crippen molar-refractivity contribution in [1.29, 1.82) is 0 Å². The highest BCUT2D eigenvalue weighted by atomic mass is 35.5. The average Bonchev–Trinajstić information content (AvgIpc) is 3.37. The quantitative estimate of drug-likeness (QED) is 0.184. The maximum absolute atomic E-state index is 12.1. The molecule has 0 amide bonds. The number of carbonyl (C=O) groups excluding carboxylic acids is 2. The molecule has 1 aliphatic carbocycles. The van der Waals surface area contributed by atoms with E-state index in [0.29, 0.717) is 36.9 Å². The van der Waals surface area contributed by atoms with Crippen molar-refractivity contribution in [3.63, 3.8) is 0 Å². The van der Waals surface area contributed by atoms with Crippen molar-refractivity contribution in [2.24, 2.45) is 23.7 Å². The smallest absolute Gasteiger partial charge is 0.292 e. The van der Waals surface area contributed by atoms with Gasteiger partial charge in [0, 0.05) is 27.3 Å². The molecule has 1 N–H and O–H groups in total. The summed E-state index contributed by atoms with van der Waals surface area (Å²) in [7, 11) is 1.31. The van der Waals surface area contributed by atoms with E-state index in [1.807, 2.05) is 31.2 Å². The van der Waals surface area contributed by atoms with Crippen LogP contribution in [0.1, 0.15) is 71.6 Å². The maximum atomic E-state index is 12.1. The number of unbranched alkanes of at least 4 members (excludes halogenated alkanes) is 2. The third kappa shape index (κ3) is 11.1. The van der Waals surface area contributed by atoms with Crippen LogP contribution in [0.25, 0.3) is 10.1 Å². The van der Waals surface area contributed by atoms with Gasteiger partial charge in [0.25, 0.3) is 6.47 Å². The van der Waals surface area contributed by atoms with Crippen molar-refractivity contribution in [2.45, 2.75) is 79.2 Å². The molecule has 3 unspecified atom stereocenters.